The molecule has 2 unspecified atom stereocenters. The van der Waals surface area contributed by atoms with Gasteiger partial charge in [0, 0.05) is 38.4 Å². The molecule has 1 aromatic heterocycles. The minimum Gasteiger partial charge on any atom is -0.491 e. The van der Waals surface area contributed by atoms with Crippen molar-refractivity contribution in [2.45, 2.75) is 79.4 Å². The Bertz CT molecular complexity index is 1820. The summed E-state index contributed by atoms with van der Waals surface area (Å²) in [4.78, 5) is 13.0. The van der Waals surface area contributed by atoms with Crippen LogP contribution in [0.1, 0.15) is 40.0 Å². The molecule has 246 valence electrons. The minimum atomic E-state index is -4.13. The van der Waals surface area contributed by atoms with E-state index in [0.717, 1.165) is 0 Å². The lowest BCUT2D eigenvalue weighted by molar-refractivity contribution is -0.0312. The molecule has 14 heteroatoms. The molecule has 1 spiro atoms. The zero-order chi connectivity index (χ0) is 32.6. The van der Waals surface area contributed by atoms with Gasteiger partial charge in [0.15, 0.2) is 9.84 Å². The highest BCUT2D eigenvalue weighted by Crippen LogP contribution is 2.37. The molecular formula is C31H40FN3O8S2. The number of nitrogens with one attached hydrogen (secondary N) is 1. The third kappa shape index (κ3) is 6.81. The zero-order valence-electron chi connectivity index (χ0n) is 25.6. The number of nitrogens with zero attached hydrogens (tertiary/aromatic N) is 2. The third-order valence-corrected chi connectivity index (χ3v) is 12.7. The number of aliphatic hydroxyl groups excluding tert-OH is 1. The van der Waals surface area contributed by atoms with E-state index in [4.69, 9.17) is 9.47 Å². The summed E-state index contributed by atoms with van der Waals surface area (Å²) in [5.74, 6) is -0.230. The lowest BCUT2D eigenvalue weighted by Gasteiger charge is -2.38. The fourth-order valence-electron chi connectivity index (χ4n) is 5.99. The quantitative estimate of drug-likeness (QED) is 0.316. The number of pyridine rings is 1. The summed E-state index contributed by atoms with van der Waals surface area (Å²) in [6.07, 6.45) is 1.88. The van der Waals surface area contributed by atoms with Crippen LogP contribution in [0.5, 0.6) is 5.75 Å². The Morgan fingerprint density at radius 3 is 2.53 bits per heavy atom. The van der Waals surface area contributed by atoms with Crippen molar-refractivity contribution >= 4 is 30.8 Å². The van der Waals surface area contributed by atoms with E-state index in [-0.39, 0.29) is 53.0 Å². The maximum absolute atomic E-state index is 14.5. The maximum Gasteiger partial charge on any atom is 0.248 e. The molecule has 11 nitrogen and oxygen atoms in total. The second kappa shape index (κ2) is 13.1. The van der Waals surface area contributed by atoms with Gasteiger partial charge in [0.25, 0.3) is 0 Å². The number of piperidine rings is 1. The number of benzene rings is 2. The van der Waals surface area contributed by atoms with Crippen LogP contribution in [0.3, 0.4) is 0 Å². The number of para-hydroxylation sites is 1. The first-order valence-corrected chi connectivity index (χ1v) is 18.1. The molecule has 2 fully saturated rings. The van der Waals surface area contributed by atoms with Crippen LogP contribution >= 0.6 is 0 Å². The largest absolute Gasteiger partial charge is 0.491 e. The van der Waals surface area contributed by atoms with Gasteiger partial charge in [0.1, 0.15) is 29.2 Å². The average Bonchev–Trinajstić information content (AvgIpc) is 3.41. The first kappa shape index (κ1) is 33.5. The lowest BCUT2D eigenvalue weighted by Crippen LogP contribution is -2.47. The van der Waals surface area contributed by atoms with E-state index < -0.39 is 48.1 Å². The van der Waals surface area contributed by atoms with Crippen molar-refractivity contribution < 1.29 is 35.8 Å². The first-order valence-electron chi connectivity index (χ1n) is 15.1. The van der Waals surface area contributed by atoms with Crippen LogP contribution in [-0.4, -0.2) is 86.7 Å². The Morgan fingerprint density at radius 2 is 1.84 bits per heavy atom. The van der Waals surface area contributed by atoms with E-state index in [9.17, 15) is 31.1 Å². The smallest absolute Gasteiger partial charge is 0.248 e. The van der Waals surface area contributed by atoms with Crippen molar-refractivity contribution in [3.8, 4) is 5.75 Å². The summed E-state index contributed by atoms with van der Waals surface area (Å²) < 4.78 is 81.1. The normalized spacial score (nSPS) is 19.8. The van der Waals surface area contributed by atoms with Crippen molar-refractivity contribution in [1.29, 1.82) is 0 Å². The predicted octanol–water partition coefficient (Wildman–Crippen LogP) is 2.68. The molecule has 2 saturated heterocycles. The van der Waals surface area contributed by atoms with Gasteiger partial charge in [-0.15, -0.1) is 0 Å². The Labute approximate surface area is 262 Å². The molecule has 3 heterocycles. The maximum atomic E-state index is 14.5. The number of ether oxygens (including phenoxy) is 2. The number of rotatable bonds is 11. The second-order valence-electron chi connectivity index (χ2n) is 12.0. The van der Waals surface area contributed by atoms with Gasteiger partial charge < -0.3 is 24.5 Å². The monoisotopic (exact) mass is 665 g/mol. The van der Waals surface area contributed by atoms with Gasteiger partial charge in [-0.05, 0) is 70.4 Å². The van der Waals surface area contributed by atoms with Crippen LogP contribution in [0.15, 0.2) is 63.2 Å². The molecule has 0 amide bonds. The molecule has 2 aliphatic heterocycles. The van der Waals surface area contributed by atoms with Crippen LogP contribution in [-0.2, 0) is 31.1 Å². The van der Waals surface area contributed by atoms with Crippen LogP contribution in [0, 0.1) is 5.82 Å². The van der Waals surface area contributed by atoms with Crippen molar-refractivity contribution in [2.75, 3.05) is 32.8 Å². The van der Waals surface area contributed by atoms with Crippen molar-refractivity contribution in [1.82, 2.24) is 14.2 Å². The molecule has 2 atom stereocenters. The summed E-state index contributed by atoms with van der Waals surface area (Å²) in [6, 6.07) is 10.2. The molecule has 2 aliphatic rings. The summed E-state index contributed by atoms with van der Waals surface area (Å²) in [7, 11) is -7.58. The Morgan fingerprint density at radius 1 is 1.13 bits per heavy atom. The first-order chi connectivity index (χ1) is 21.3. The molecule has 45 heavy (non-hydrogen) atoms. The number of fused-ring (bicyclic) bond motifs is 1. The fraction of sp³-hybridized carbons (Fsp3) is 0.516. The van der Waals surface area contributed by atoms with Crippen LogP contribution < -0.4 is 15.5 Å². The number of sulfonamides is 1. The number of aryl methyl sites for hydroxylation is 1. The highest BCUT2D eigenvalue weighted by Gasteiger charge is 2.45. The number of aliphatic hydroxyl groups is 1. The van der Waals surface area contributed by atoms with E-state index in [0.29, 0.717) is 38.2 Å². The molecule has 2 aromatic carbocycles. The fourth-order valence-corrected chi connectivity index (χ4v) is 8.62. The van der Waals surface area contributed by atoms with Gasteiger partial charge in [0.2, 0.25) is 15.5 Å². The molecule has 5 rings (SSSR count). The molecule has 2 N–H and O–H groups in total. The zero-order valence-corrected chi connectivity index (χ0v) is 27.2. The van der Waals surface area contributed by atoms with Gasteiger partial charge in [-0.25, -0.2) is 21.2 Å². The van der Waals surface area contributed by atoms with Crippen molar-refractivity contribution in [2.24, 2.45) is 0 Å². The Hall–Kier alpha value is -2.88. The van der Waals surface area contributed by atoms with E-state index in [1.165, 1.54) is 45.4 Å². The van der Waals surface area contributed by atoms with E-state index in [1.54, 1.807) is 32.9 Å². The number of aromatic nitrogens is 1. The van der Waals surface area contributed by atoms with Gasteiger partial charge >= 0.3 is 0 Å². The SMILES string of the molecule is CCn1cc(S(=O)(=O)N2CCC3(CC2)CC(NCC(O)COc2cccc(S(=O)(=O)C(C)C)c2)CO3)c(=O)c2cccc(F)c21. The summed E-state index contributed by atoms with van der Waals surface area (Å²) in [5.41, 5.74) is -1.15. The summed E-state index contributed by atoms with van der Waals surface area (Å²) >= 11 is 0. The highest BCUT2D eigenvalue weighted by molar-refractivity contribution is 7.92. The highest BCUT2D eigenvalue weighted by atomic mass is 32.2. The predicted molar refractivity (Wildman–Crippen MR) is 167 cm³/mol. The molecule has 0 bridgehead atoms. The van der Waals surface area contributed by atoms with Gasteiger partial charge in [-0.2, -0.15) is 4.31 Å². The molecule has 0 saturated carbocycles. The Balaban J connectivity index is 1.15. The molecule has 0 radical (unpaired) electrons. The number of hydrogen-bond acceptors (Lipinski definition) is 9. The standard InChI is InChI=1S/C31H40FN3O8S2/c1-4-34-18-28(30(37)26-9-6-10-27(32)29(26)34)45(40,41)35-13-11-31(12-14-35)16-22(19-43-31)33-17-23(36)20-42-24-7-5-8-25(15-24)44(38,39)21(2)3/h5-10,15,18,21-23,33,36H,4,11-14,16-17,19-20H2,1-3H3. The summed E-state index contributed by atoms with van der Waals surface area (Å²) in [5, 5.41) is 13.3. The topological polar surface area (TPSA) is 144 Å². The van der Waals surface area contributed by atoms with Gasteiger partial charge in [-0.1, -0.05) is 12.1 Å². The number of halogens is 1. The number of hydrogen-bond donors (Lipinski definition) is 2. The van der Waals surface area contributed by atoms with Crippen LogP contribution in [0.2, 0.25) is 0 Å². The number of sulfone groups is 1. The van der Waals surface area contributed by atoms with E-state index in [1.807, 2.05) is 0 Å². The Kier molecular flexibility index (Phi) is 9.74. The van der Waals surface area contributed by atoms with Gasteiger partial charge in [0.05, 0.1) is 33.3 Å². The molecule has 0 aliphatic carbocycles. The van der Waals surface area contributed by atoms with E-state index >= 15 is 0 Å². The molecular weight excluding hydrogens is 625 g/mol. The second-order valence-corrected chi connectivity index (χ2v) is 16.4. The van der Waals surface area contributed by atoms with Crippen LogP contribution in [0.25, 0.3) is 10.9 Å². The third-order valence-electron chi connectivity index (χ3n) is 8.66. The van der Waals surface area contributed by atoms with Crippen LogP contribution in [0.4, 0.5) is 4.39 Å². The average molecular weight is 666 g/mol. The molecule has 3 aromatic rings. The van der Waals surface area contributed by atoms with Crippen molar-refractivity contribution in [3.05, 3.63) is 64.7 Å². The van der Waals surface area contributed by atoms with E-state index in [2.05, 4.69) is 5.32 Å². The lowest BCUT2D eigenvalue weighted by atomic mass is 9.88. The minimum absolute atomic E-state index is 0.0274. The van der Waals surface area contributed by atoms with Gasteiger partial charge in [-0.3, -0.25) is 4.79 Å². The van der Waals surface area contributed by atoms with Crippen molar-refractivity contribution in [3.63, 3.8) is 0 Å². The summed E-state index contributed by atoms with van der Waals surface area (Å²) in [6.45, 7) is 6.20.